The van der Waals surface area contributed by atoms with Gasteiger partial charge in [0.05, 0.1) is 27.2 Å². The summed E-state index contributed by atoms with van der Waals surface area (Å²) in [5.74, 6) is 2.01. The van der Waals surface area contributed by atoms with Gasteiger partial charge >= 0.3 is 0 Å². The number of hydrogen-bond acceptors (Lipinski definition) is 4. The molecule has 134 valence electrons. The molecule has 0 spiro atoms. The second kappa shape index (κ2) is 9.18. The van der Waals surface area contributed by atoms with Crippen molar-refractivity contribution in [3.8, 4) is 17.2 Å². The molecule has 0 saturated heterocycles. The van der Waals surface area contributed by atoms with E-state index in [0.29, 0.717) is 35.4 Å². The van der Waals surface area contributed by atoms with Crippen LogP contribution < -0.4 is 14.2 Å². The molecule has 2 aromatic carbocycles. The first-order valence-corrected chi connectivity index (χ1v) is 8.24. The van der Waals surface area contributed by atoms with Gasteiger partial charge in [-0.15, -0.1) is 0 Å². The molecule has 5 nitrogen and oxygen atoms in total. The number of ether oxygens (including phenoxy) is 3. The molecule has 0 aliphatic rings. The van der Waals surface area contributed by atoms with Gasteiger partial charge in [0.25, 0.3) is 0 Å². The summed E-state index contributed by atoms with van der Waals surface area (Å²) < 4.78 is 16.1. The van der Waals surface area contributed by atoms with Crippen molar-refractivity contribution in [3.05, 3.63) is 53.1 Å². The van der Waals surface area contributed by atoms with Crippen LogP contribution >= 0.6 is 11.6 Å². The molecule has 0 aliphatic carbocycles. The van der Waals surface area contributed by atoms with Crippen LogP contribution in [0.15, 0.2) is 42.5 Å². The van der Waals surface area contributed by atoms with E-state index in [0.717, 1.165) is 5.56 Å². The van der Waals surface area contributed by atoms with Gasteiger partial charge in [0.2, 0.25) is 5.91 Å². The fourth-order valence-electron chi connectivity index (χ4n) is 2.30. The highest BCUT2D eigenvalue weighted by Crippen LogP contribution is 2.24. The number of halogens is 1. The SMILES string of the molecule is COc1ccc(OC)c(CC(=O)N(C)CCOc2cccc(Cl)c2)c1. The predicted octanol–water partition coefficient (Wildman–Crippen LogP) is 3.44. The average molecular weight is 364 g/mol. The van der Waals surface area contributed by atoms with Gasteiger partial charge in [-0.25, -0.2) is 0 Å². The molecular weight excluding hydrogens is 342 g/mol. The lowest BCUT2D eigenvalue weighted by atomic mass is 10.1. The number of rotatable bonds is 8. The van der Waals surface area contributed by atoms with Crippen molar-refractivity contribution in [1.82, 2.24) is 4.90 Å². The zero-order chi connectivity index (χ0) is 18.2. The first kappa shape index (κ1) is 18.9. The Labute approximate surface area is 153 Å². The fraction of sp³-hybridized carbons (Fsp3) is 0.316. The Balaban J connectivity index is 1.89. The smallest absolute Gasteiger partial charge is 0.226 e. The Morgan fingerprint density at radius 1 is 1.08 bits per heavy atom. The molecule has 0 atom stereocenters. The lowest BCUT2D eigenvalue weighted by Gasteiger charge is -2.18. The molecule has 0 unspecified atom stereocenters. The van der Waals surface area contributed by atoms with Crippen LogP contribution in [0.1, 0.15) is 5.56 Å². The number of nitrogens with zero attached hydrogens (tertiary/aromatic N) is 1. The lowest BCUT2D eigenvalue weighted by molar-refractivity contribution is -0.129. The lowest BCUT2D eigenvalue weighted by Crippen LogP contribution is -2.32. The normalized spacial score (nSPS) is 10.2. The molecule has 25 heavy (non-hydrogen) atoms. The van der Waals surface area contributed by atoms with E-state index in [9.17, 15) is 4.79 Å². The molecule has 0 radical (unpaired) electrons. The van der Waals surface area contributed by atoms with Crippen molar-refractivity contribution in [1.29, 1.82) is 0 Å². The van der Waals surface area contributed by atoms with Gasteiger partial charge in [-0.3, -0.25) is 4.79 Å². The molecule has 0 fully saturated rings. The maximum atomic E-state index is 12.4. The number of hydrogen-bond donors (Lipinski definition) is 0. The molecule has 2 aromatic rings. The molecule has 0 heterocycles. The number of benzene rings is 2. The topological polar surface area (TPSA) is 48.0 Å². The van der Waals surface area contributed by atoms with E-state index < -0.39 is 0 Å². The minimum Gasteiger partial charge on any atom is -0.497 e. The summed E-state index contributed by atoms with van der Waals surface area (Å²) >= 11 is 5.91. The molecule has 0 bridgehead atoms. The average Bonchev–Trinajstić information content (AvgIpc) is 2.61. The Kier molecular flexibility index (Phi) is 6.95. The van der Waals surface area contributed by atoms with Crippen LogP contribution in [-0.2, 0) is 11.2 Å². The Hall–Kier alpha value is -2.40. The Morgan fingerprint density at radius 2 is 1.88 bits per heavy atom. The zero-order valence-electron chi connectivity index (χ0n) is 14.6. The van der Waals surface area contributed by atoms with Gasteiger partial charge in [0.15, 0.2) is 0 Å². The fourth-order valence-corrected chi connectivity index (χ4v) is 2.48. The third-order valence-corrected chi connectivity index (χ3v) is 3.98. The van der Waals surface area contributed by atoms with Crippen molar-refractivity contribution in [2.75, 3.05) is 34.4 Å². The zero-order valence-corrected chi connectivity index (χ0v) is 15.4. The maximum Gasteiger partial charge on any atom is 0.226 e. The van der Waals surface area contributed by atoms with E-state index in [1.54, 1.807) is 50.4 Å². The number of carbonyl (C=O) groups is 1. The minimum atomic E-state index is -0.0266. The van der Waals surface area contributed by atoms with Crippen LogP contribution in [0.3, 0.4) is 0 Å². The highest BCUT2D eigenvalue weighted by Gasteiger charge is 2.14. The van der Waals surface area contributed by atoms with Crippen LogP contribution in [0.4, 0.5) is 0 Å². The van der Waals surface area contributed by atoms with Gasteiger partial charge in [0, 0.05) is 17.6 Å². The first-order chi connectivity index (χ1) is 12.0. The highest BCUT2D eigenvalue weighted by molar-refractivity contribution is 6.30. The van der Waals surface area contributed by atoms with Crippen LogP contribution in [0.25, 0.3) is 0 Å². The van der Waals surface area contributed by atoms with Crippen molar-refractivity contribution in [2.24, 2.45) is 0 Å². The van der Waals surface area contributed by atoms with Gasteiger partial charge in [-0.2, -0.15) is 0 Å². The largest absolute Gasteiger partial charge is 0.497 e. The van der Waals surface area contributed by atoms with Crippen molar-refractivity contribution in [2.45, 2.75) is 6.42 Å². The minimum absolute atomic E-state index is 0.0266. The summed E-state index contributed by atoms with van der Waals surface area (Å²) in [5, 5.41) is 0.618. The first-order valence-electron chi connectivity index (χ1n) is 7.86. The summed E-state index contributed by atoms with van der Waals surface area (Å²) in [6.07, 6.45) is 0.230. The van der Waals surface area contributed by atoms with Gasteiger partial charge in [0.1, 0.15) is 23.9 Å². The van der Waals surface area contributed by atoms with E-state index in [2.05, 4.69) is 0 Å². The maximum absolute atomic E-state index is 12.4. The predicted molar refractivity (Wildman–Crippen MR) is 97.8 cm³/mol. The molecule has 0 aliphatic heterocycles. The van der Waals surface area contributed by atoms with Crippen LogP contribution in [0.2, 0.25) is 5.02 Å². The third-order valence-electron chi connectivity index (χ3n) is 3.75. The molecular formula is C19H22ClNO4. The van der Waals surface area contributed by atoms with Gasteiger partial charge in [-0.05, 0) is 36.4 Å². The standard InChI is InChI=1S/C19H22ClNO4/c1-21(9-10-25-17-6-4-5-15(20)13-17)19(22)12-14-11-16(23-2)7-8-18(14)24-3/h4-8,11,13H,9-10,12H2,1-3H3. The summed E-state index contributed by atoms with van der Waals surface area (Å²) in [6.45, 7) is 0.857. The Morgan fingerprint density at radius 3 is 2.56 bits per heavy atom. The molecule has 0 aromatic heterocycles. The number of amides is 1. The number of likely N-dealkylation sites (N-methyl/N-ethyl adjacent to an activating group) is 1. The Bertz CT molecular complexity index is 720. The summed E-state index contributed by atoms with van der Waals surface area (Å²) in [7, 11) is 4.92. The van der Waals surface area contributed by atoms with E-state index >= 15 is 0 Å². The van der Waals surface area contributed by atoms with Crippen molar-refractivity contribution >= 4 is 17.5 Å². The molecule has 1 amide bonds. The number of carbonyl (C=O) groups excluding carboxylic acids is 1. The van der Waals surface area contributed by atoms with E-state index in [4.69, 9.17) is 25.8 Å². The summed E-state index contributed by atoms with van der Waals surface area (Å²) in [4.78, 5) is 14.1. The van der Waals surface area contributed by atoms with E-state index in [1.165, 1.54) is 0 Å². The van der Waals surface area contributed by atoms with Crippen LogP contribution in [0.5, 0.6) is 17.2 Å². The van der Waals surface area contributed by atoms with E-state index in [1.807, 2.05) is 18.2 Å². The monoisotopic (exact) mass is 363 g/mol. The second-order valence-electron chi connectivity index (χ2n) is 5.48. The second-order valence-corrected chi connectivity index (χ2v) is 5.91. The van der Waals surface area contributed by atoms with Crippen LogP contribution in [-0.4, -0.2) is 45.2 Å². The van der Waals surface area contributed by atoms with Crippen molar-refractivity contribution < 1.29 is 19.0 Å². The highest BCUT2D eigenvalue weighted by atomic mass is 35.5. The molecule has 2 rings (SSSR count). The quantitative estimate of drug-likeness (QED) is 0.721. The van der Waals surface area contributed by atoms with Crippen molar-refractivity contribution in [3.63, 3.8) is 0 Å². The van der Waals surface area contributed by atoms with Crippen LogP contribution in [0, 0.1) is 0 Å². The van der Waals surface area contributed by atoms with E-state index in [-0.39, 0.29) is 12.3 Å². The molecule has 0 N–H and O–H groups in total. The molecule has 0 saturated carbocycles. The summed E-state index contributed by atoms with van der Waals surface area (Å²) in [6, 6.07) is 12.6. The van der Waals surface area contributed by atoms with Gasteiger partial charge < -0.3 is 19.1 Å². The van der Waals surface area contributed by atoms with Gasteiger partial charge in [-0.1, -0.05) is 17.7 Å². The number of methoxy groups -OCH3 is 2. The molecule has 6 heteroatoms. The third kappa shape index (κ3) is 5.57. The summed E-state index contributed by atoms with van der Waals surface area (Å²) in [5.41, 5.74) is 0.787.